The largest absolute Gasteiger partial charge is 0.423 e. The third-order valence-corrected chi connectivity index (χ3v) is 5.17. The average Bonchev–Trinajstić information content (AvgIpc) is 3.11. The van der Waals surface area contributed by atoms with Gasteiger partial charge in [-0.1, -0.05) is 13.0 Å². The van der Waals surface area contributed by atoms with Gasteiger partial charge in [-0.25, -0.2) is 8.42 Å². The monoisotopic (exact) mass is 334 g/mol. The van der Waals surface area contributed by atoms with Crippen LogP contribution in [0.1, 0.15) is 12.5 Å². The van der Waals surface area contributed by atoms with E-state index in [4.69, 9.17) is 4.42 Å². The molecule has 7 nitrogen and oxygen atoms in total. The maximum Gasteiger partial charge on any atom is 0.301 e. The zero-order valence-corrected chi connectivity index (χ0v) is 13.8. The summed E-state index contributed by atoms with van der Waals surface area (Å²) in [5.41, 5.74) is 2.59. The lowest BCUT2D eigenvalue weighted by atomic mass is 10.2. The van der Waals surface area contributed by atoms with Crippen LogP contribution in [0.2, 0.25) is 0 Å². The molecule has 2 heterocycles. The maximum absolute atomic E-state index is 11.5. The third-order valence-electron chi connectivity index (χ3n) is 3.49. The molecule has 1 N–H and O–H groups in total. The van der Waals surface area contributed by atoms with Crippen molar-refractivity contribution < 1.29 is 12.8 Å². The van der Waals surface area contributed by atoms with Gasteiger partial charge in [0.05, 0.1) is 12.3 Å². The molecule has 1 aromatic carbocycles. The smallest absolute Gasteiger partial charge is 0.301 e. The molecule has 0 unspecified atom stereocenters. The molecule has 0 amide bonds. The van der Waals surface area contributed by atoms with Crippen molar-refractivity contribution >= 4 is 32.8 Å². The summed E-state index contributed by atoms with van der Waals surface area (Å²) in [6, 6.07) is 7.88. The Kier molecular flexibility index (Phi) is 4.08. The van der Waals surface area contributed by atoms with E-state index in [1.165, 1.54) is 0 Å². The molecular weight excluding hydrogens is 316 g/mol. The molecule has 0 atom stereocenters. The summed E-state index contributed by atoms with van der Waals surface area (Å²) in [6.45, 7) is 3.96. The predicted molar refractivity (Wildman–Crippen MR) is 88.6 cm³/mol. The van der Waals surface area contributed by atoms with Crippen molar-refractivity contribution in [3.8, 4) is 0 Å². The molecule has 0 aliphatic rings. The highest BCUT2D eigenvalue weighted by atomic mass is 32.2. The van der Waals surface area contributed by atoms with Gasteiger partial charge in [0.25, 0.3) is 0 Å². The topological polar surface area (TPSA) is 90.0 Å². The second kappa shape index (κ2) is 6.04. The summed E-state index contributed by atoms with van der Waals surface area (Å²) in [7, 11) is -3.00. The molecular formula is C15H18N4O3S. The Balaban J connectivity index is 1.70. The fourth-order valence-corrected chi connectivity index (χ4v) is 2.88. The lowest BCUT2D eigenvalue weighted by Gasteiger charge is -2.01. The second-order valence-electron chi connectivity index (χ2n) is 5.32. The standard InChI is InChI=1S/C15H18N4O3S/c1-3-23(20,21)9-8-19-7-6-14(18-19)17-15-16-12-10-11(2)4-5-13(12)22-15/h4-7,10H,3,8-9H2,1-2H3,(H,16,17,18). The zero-order chi connectivity index (χ0) is 16.4. The van der Waals surface area contributed by atoms with Crippen LogP contribution < -0.4 is 5.32 Å². The van der Waals surface area contributed by atoms with Crippen LogP contribution in [0.5, 0.6) is 0 Å². The highest BCUT2D eigenvalue weighted by Gasteiger charge is 2.10. The SMILES string of the molecule is CCS(=O)(=O)CCn1ccc(Nc2nc3cc(C)ccc3o2)n1. The van der Waals surface area contributed by atoms with E-state index >= 15 is 0 Å². The predicted octanol–water partition coefficient (Wildman–Crippen LogP) is 2.51. The molecule has 0 saturated carbocycles. The molecule has 0 aliphatic carbocycles. The Labute approximate surface area is 134 Å². The number of anilines is 2. The fraction of sp³-hybridized carbons (Fsp3) is 0.333. The van der Waals surface area contributed by atoms with Gasteiger partial charge in [0.15, 0.2) is 21.2 Å². The van der Waals surface area contributed by atoms with E-state index in [2.05, 4.69) is 15.4 Å². The van der Waals surface area contributed by atoms with Crippen molar-refractivity contribution in [2.45, 2.75) is 20.4 Å². The summed E-state index contributed by atoms with van der Waals surface area (Å²) in [6.07, 6.45) is 1.72. The Hall–Kier alpha value is -2.35. The molecule has 3 aromatic rings. The number of sulfone groups is 1. The van der Waals surface area contributed by atoms with Crippen LogP contribution in [0.25, 0.3) is 11.1 Å². The van der Waals surface area contributed by atoms with Gasteiger partial charge in [-0.15, -0.1) is 0 Å². The number of benzene rings is 1. The first-order valence-electron chi connectivity index (χ1n) is 7.33. The first kappa shape index (κ1) is 15.5. The van der Waals surface area contributed by atoms with E-state index in [9.17, 15) is 8.42 Å². The number of aromatic nitrogens is 3. The number of oxazole rings is 1. The van der Waals surface area contributed by atoms with Gasteiger partial charge in [0.1, 0.15) is 5.52 Å². The van der Waals surface area contributed by atoms with Crippen LogP contribution in [0, 0.1) is 6.92 Å². The highest BCUT2D eigenvalue weighted by Crippen LogP contribution is 2.22. The van der Waals surface area contributed by atoms with Gasteiger partial charge in [-0.05, 0) is 24.6 Å². The molecule has 0 fully saturated rings. The average molecular weight is 334 g/mol. The molecule has 2 aromatic heterocycles. The minimum Gasteiger partial charge on any atom is -0.423 e. The van der Waals surface area contributed by atoms with E-state index in [0.29, 0.717) is 24.0 Å². The van der Waals surface area contributed by atoms with Gasteiger partial charge in [0, 0.05) is 18.0 Å². The van der Waals surface area contributed by atoms with Crippen molar-refractivity contribution in [3.05, 3.63) is 36.0 Å². The number of nitrogens with zero attached hydrogens (tertiary/aromatic N) is 3. The van der Waals surface area contributed by atoms with Crippen molar-refractivity contribution in [3.63, 3.8) is 0 Å². The maximum atomic E-state index is 11.5. The number of fused-ring (bicyclic) bond motifs is 1. The van der Waals surface area contributed by atoms with Gasteiger partial charge >= 0.3 is 6.01 Å². The Bertz CT molecular complexity index is 927. The Morgan fingerprint density at radius 2 is 2.13 bits per heavy atom. The fourth-order valence-electron chi connectivity index (χ4n) is 2.13. The Morgan fingerprint density at radius 3 is 2.91 bits per heavy atom. The normalized spacial score (nSPS) is 11.9. The van der Waals surface area contributed by atoms with Crippen LogP contribution in [0.15, 0.2) is 34.9 Å². The number of nitrogens with one attached hydrogen (secondary N) is 1. The van der Waals surface area contributed by atoms with E-state index in [0.717, 1.165) is 11.1 Å². The first-order valence-corrected chi connectivity index (χ1v) is 9.15. The van der Waals surface area contributed by atoms with E-state index < -0.39 is 9.84 Å². The van der Waals surface area contributed by atoms with Crippen LogP contribution in [-0.4, -0.2) is 34.7 Å². The quantitative estimate of drug-likeness (QED) is 0.745. The molecule has 0 radical (unpaired) electrons. The van der Waals surface area contributed by atoms with Crippen molar-refractivity contribution in [2.75, 3.05) is 16.8 Å². The molecule has 0 saturated heterocycles. The van der Waals surface area contributed by atoms with Crippen LogP contribution in [-0.2, 0) is 16.4 Å². The van der Waals surface area contributed by atoms with Gasteiger partial charge in [-0.2, -0.15) is 10.1 Å². The molecule has 0 bridgehead atoms. The third kappa shape index (κ3) is 3.70. The van der Waals surface area contributed by atoms with E-state index in [1.54, 1.807) is 23.9 Å². The minimum atomic E-state index is -3.00. The molecule has 0 aliphatic heterocycles. The molecule has 3 rings (SSSR count). The van der Waals surface area contributed by atoms with Gasteiger partial charge in [0.2, 0.25) is 0 Å². The molecule has 23 heavy (non-hydrogen) atoms. The summed E-state index contributed by atoms with van der Waals surface area (Å²) in [5.74, 6) is 0.774. The highest BCUT2D eigenvalue weighted by molar-refractivity contribution is 7.91. The van der Waals surface area contributed by atoms with Crippen LogP contribution in [0.4, 0.5) is 11.8 Å². The lowest BCUT2D eigenvalue weighted by Crippen LogP contribution is -2.15. The number of aryl methyl sites for hydroxylation is 2. The van der Waals surface area contributed by atoms with E-state index in [-0.39, 0.29) is 11.5 Å². The lowest BCUT2D eigenvalue weighted by molar-refractivity contribution is 0.581. The van der Waals surface area contributed by atoms with Gasteiger partial charge in [-0.3, -0.25) is 10.00 Å². The first-order chi connectivity index (χ1) is 10.9. The summed E-state index contributed by atoms with van der Waals surface area (Å²) in [5, 5.41) is 7.26. The zero-order valence-electron chi connectivity index (χ0n) is 13.0. The molecule has 8 heteroatoms. The summed E-state index contributed by atoms with van der Waals surface area (Å²) >= 11 is 0. The number of hydrogen-bond acceptors (Lipinski definition) is 6. The van der Waals surface area contributed by atoms with Crippen molar-refractivity contribution in [1.82, 2.24) is 14.8 Å². The Morgan fingerprint density at radius 1 is 1.30 bits per heavy atom. The second-order valence-corrected chi connectivity index (χ2v) is 7.79. The molecule has 122 valence electrons. The van der Waals surface area contributed by atoms with Crippen molar-refractivity contribution in [2.24, 2.45) is 0 Å². The van der Waals surface area contributed by atoms with Crippen LogP contribution >= 0.6 is 0 Å². The summed E-state index contributed by atoms with van der Waals surface area (Å²) in [4.78, 5) is 4.35. The van der Waals surface area contributed by atoms with E-state index in [1.807, 2.05) is 25.1 Å². The molecule has 0 spiro atoms. The van der Waals surface area contributed by atoms with Crippen molar-refractivity contribution in [1.29, 1.82) is 0 Å². The van der Waals surface area contributed by atoms with Crippen LogP contribution in [0.3, 0.4) is 0 Å². The minimum absolute atomic E-state index is 0.0762. The number of rotatable bonds is 6. The number of hydrogen-bond donors (Lipinski definition) is 1. The summed E-state index contributed by atoms with van der Waals surface area (Å²) < 4.78 is 30.2. The van der Waals surface area contributed by atoms with Gasteiger partial charge < -0.3 is 4.42 Å².